The van der Waals surface area contributed by atoms with Crippen molar-refractivity contribution in [2.24, 2.45) is 0 Å². The summed E-state index contributed by atoms with van der Waals surface area (Å²) in [4.78, 5) is 24.8. The number of benzene rings is 3. The van der Waals surface area contributed by atoms with E-state index < -0.39 is 11.9 Å². The molecule has 0 bridgehead atoms. The molecule has 0 heterocycles. The Morgan fingerprint density at radius 3 is 2.57 bits per heavy atom. The van der Waals surface area contributed by atoms with E-state index in [-0.39, 0.29) is 18.3 Å². The Labute approximate surface area is 178 Å². The second-order valence-corrected chi connectivity index (χ2v) is 7.02. The van der Waals surface area contributed by atoms with Crippen LogP contribution in [-0.2, 0) is 11.4 Å². The van der Waals surface area contributed by atoms with Crippen LogP contribution in [0.5, 0.6) is 5.75 Å². The molecule has 154 valence electrons. The predicted octanol–water partition coefficient (Wildman–Crippen LogP) is 4.82. The summed E-state index contributed by atoms with van der Waals surface area (Å²) in [6.45, 7) is 1.80. The van der Waals surface area contributed by atoms with E-state index in [9.17, 15) is 14.0 Å². The molecule has 0 saturated carbocycles. The molecule has 30 heavy (non-hydrogen) atoms. The highest BCUT2D eigenvalue weighted by Gasteiger charge is 2.18. The molecule has 3 aromatic carbocycles. The highest BCUT2D eigenvalue weighted by atomic mass is 35.5. The summed E-state index contributed by atoms with van der Waals surface area (Å²) >= 11 is 6.02. The van der Waals surface area contributed by atoms with Crippen molar-refractivity contribution in [2.75, 3.05) is 5.32 Å². The lowest BCUT2D eigenvalue weighted by Gasteiger charge is -2.15. The second-order valence-electron chi connectivity index (χ2n) is 6.61. The molecule has 0 aliphatic rings. The third kappa shape index (κ3) is 5.81. The van der Waals surface area contributed by atoms with Gasteiger partial charge in [0.15, 0.2) is 0 Å². The minimum Gasteiger partial charge on any atom is -0.489 e. The van der Waals surface area contributed by atoms with Crippen molar-refractivity contribution < 1.29 is 18.7 Å². The number of carbonyl (C=O) groups excluding carboxylic acids is 2. The largest absolute Gasteiger partial charge is 0.489 e. The third-order valence-electron chi connectivity index (χ3n) is 4.26. The fraction of sp³-hybridized carbons (Fsp3) is 0.130. The SMILES string of the molecule is C[C@H](NC(=O)c1ccccc1Cl)C(=O)Nc1cccc(COc2cccc(F)c2)c1. The maximum absolute atomic E-state index is 13.2. The number of carbonyl (C=O) groups is 2. The normalized spacial score (nSPS) is 11.4. The molecule has 0 unspecified atom stereocenters. The Morgan fingerprint density at radius 1 is 1.03 bits per heavy atom. The summed E-state index contributed by atoms with van der Waals surface area (Å²) in [6, 6.07) is 18.8. The van der Waals surface area contributed by atoms with E-state index in [2.05, 4.69) is 10.6 Å². The van der Waals surface area contributed by atoms with Gasteiger partial charge in [-0.05, 0) is 48.9 Å². The Balaban J connectivity index is 1.57. The summed E-state index contributed by atoms with van der Waals surface area (Å²) < 4.78 is 18.8. The van der Waals surface area contributed by atoms with E-state index in [0.717, 1.165) is 5.56 Å². The van der Waals surface area contributed by atoms with Crippen molar-refractivity contribution in [2.45, 2.75) is 19.6 Å². The van der Waals surface area contributed by atoms with Crippen LogP contribution < -0.4 is 15.4 Å². The molecule has 0 fully saturated rings. The Kier molecular flexibility index (Phi) is 7.03. The van der Waals surface area contributed by atoms with Crippen LogP contribution in [0.15, 0.2) is 72.8 Å². The van der Waals surface area contributed by atoms with Gasteiger partial charge in [0.25, 0.3) is 5.91 Å². The van der Waals surface area contributed by atoms with Crippen LogP contribution >= 0.6 is 11.6 Å². The molecule has 0 aromatic heterocycles. The van der Waals surface area contributed by atoms with E-state index in [4.69, 9.17) is 16.3 Å². The van der Waals surface area contributed by atoms with Gasteiger partial charge < -0.3 is 15.4 Å². The number of ether oxygens (including phenoxy) is 1. The van der Waals surface area contributed by atoms with E-state index in [1.165, 1.54) is 12.1 Å². The summed E-state index contributed by atoms with van der Waals surface area (Å²) in [6.07, 6.45) is 0. The Bertz CT molecular complexity index is 1060. The molecule has 7 heteroatoms. The zero-order valence-corrected chi connectivity index (χ0v) is 16.9. The zero-order chi connectivity index (χ0) is 21.5. The minimum atomic E-state index is -0.777. The van der Waals surface area contributed by atoms with Crippen LogP contribution in [0, 0.1) is 5.82 Å². The van der Waals surface area contributed by atoms with Crippen LogP contribution in [0.4, 0.5) is 10.1 Å². The molecule has 0 saturated heterocycles. The zero-order valence-electron chi connectivity index (χ0n) is 16.2. The molecule has 2 N–H and O–H groups in total. The molecular weight excluding hydrogens is 407 g/mol. The Morgan fingerprint density at radius 2 is 1.80 bits per heavy atom. The highest BCUT2D eigenvalue weighted by Crippen LogP contribution is 2.17. The molecule has 5 nitrogen and oxygen atoms in total. The van der Waals surface area contributed by atoms with E-state index in [1.54, 1.807) is 61.5 Å². The smallest absolute Gasteiger partial charge is 0.253 e. The molecule has 3 aromatic rings. The second kappa shape index (κ2) is 9.89. The summed E-state index contributed by atoms with van der Waals surface area (Å²) in [5.41, 5.74) is 1.65. The van der Waals surface area contributed by atoms with Crippen LogP contribution in [0.3, 0.4) is 0 Å². The fourth-order valence-electron chi connectivity index (χ4n) is 2.70. The maximum atomic E-state index is 13.2. The molecular formula is C23H20ClFN2O3. The van der Waals surface area contributed by atoms with Crippen molar-refractivity contribution >= 4 is 29.1 Å². The molecule has 0 spiro atoms. The molecule has 0 aliphatic heterocycles. The van der Waals surface area contributed by atoms with Crippen molar-refractivity contribution in [3.63, 3.8) is 0 Å². The van der Waals surface area contributed by atoms with E-state index in [0.29, 0.717) is 22.0 Å². The fourth-order valence-corrected chi connectivity index (χ4v) is 2.92. The number of amides is 2. The van der Waals surface area contributed by atoms with Gasteiger partial charge in [0.2, 0.25) is 5.91 Å². The lowest BCUT2D eigenvalue weighted by atomic mass is 10.2. The van der Waals surface area contributed by atoms with Gasteiger partial charge in [-0.3, -0.25) is 9.59 Å². The Hall–Kier alpha value is -3.38. The van der Waals surface area contributed by atoms with Gasteiger partial charge in [0.05, 0.1) is 10.6 Å². The predicted molar refractivity (Wildman–Crippen MR) is 114 cm³/mol. The van der Waals surface area contributed by atoms with E-state index >= 15 is 0 Å². The maximum Gasteiger partial charge on any atom is 0.253 e. The lowest BCUT2D eigenvalue weighted by molar-refractivity contribution is -0.117. The van der Waals surface area contributed by atoms with E-state index in [1.807, 2.05) is 6.07 Å². The van der Waals surface area contributed by atoms with Crippen molar-refractivity contribution in [1.82, 2.24) is 5.32 Å². The summed E-state index contributed by atoms with van der Waals surface area (Å²) in [7, 11) is 0. The van der Waals surface area contributed by atoms with Gasteiger partial charge in [0.1, 0.15) is 24.2 Å². The molecule has 2 amide bonds. The van der Waals surface area contributed by atoms with Crippen molar-refractivity contribution in [1.29, 1.82) is 0 Å². The first-order valence-corrected chi connectivity index (χ1v) is 9.64. The minimum absolute atomic E-state index is 0.214. The lowest BCUT2D eigenvalue weighted by Crippen LogP contribution is -2.41. The first kappa shape index (κ1) is 21.3. The molecule has 1 atom stereocenters. The molecule has 0 aliphatic carbocycles. The first-order chi connectivity index (χ1) is 14.4. The quantitative estimate of drug-likeness (QED) is 0.569. The first-order valence-electron chi connectivity index (χ1n) is 9.26. The van der Waals surface area contributed by atoms with Gasteiger partial charge in [0, 0.05) is 11.8 Å². The summed E-state index contributed by atoms with van der Waals surface area (Å²) in [5, 5.41) is 5.70. The van der Waals surface area contributed by atoms with Gasteiger partial charge in [-0.15, -0.1) is 0 Å². The van der Waals surface area contributed by atoms with Crippen LogP contribution in [0.25, 0.3) is 0 Å². The summed E-state index contributed by atoms with van der Waals surface area (Å²) in [5.74, 6) is -0.763. The van der Waals surface area contributed by atoms with Gasteiger partial charge >= 0.3 is 0 Å². The van der Waals surface area contributed by atoms with Gasteiger partial charge in [-0.25, -0.2) is 4.39 Å². The average molecular weight is 427 g/mol. The number of hydrogen-bond acceptors (Lipinski definition) is 3. The van der Waals surface area contributed by atoms with Gasteiger partial charge in [-0.1, -0.05) is 41.9 Å². The molecule has 0 radical (unpaired) electrons. The highest BCUT2D eigenvalue weighted by molar-refractivity contribution is 6.33. The molecule has 3 rings (SSSR count). The average Bonchev–Trinajstić information content (AvgIpc) is 2.73. The number of rotatable bonds is 7. The number of halogens is 2. The number of hydrogen-bond donors (Lipinski definition) is 2. The topological polar surface area (TPSA) is 67.4 Å². The third-order valence-corrected chi connectivity index (χ3v) is 4.59. The number of nitrogens with one attached hydrogen (secondary N) is 2. The number of anilines is 1. The standard InChI is InChI=1S/C23H20ClFN2O3/c1-15(26-23(29)20-10-2-3-11-21(20)24)22(28)27-18-8-4-6-16(12-18)14-30-19-9-5-7-17(25)13-19/h2-13,15H,14H2,1H3,(H,26,29)(H,27,28)/t15-/m0/s1. The van der Waals surface area contributed by atoms with Crippen molar-refractivity contribution in [3.05, 3.63) is 94.8 Å². The van der Waals surface area contributed by atoms with Crippen LogP contribution in [0.1, 0.15) is 22.8 Å². The van der Waals surface area contributed by atoms with Gasteiger partial charge in [-0.2, -0.15) is 0 Å². The van der Waals surface area contributed by atoms with Crippen molar-refractivity contribution in [3.8, 4) is 5.75 Å². The van der Waals surface area contributed by atoms with Crippen LogP contribution in [-0.4, -0.2) is 17.9 Å². The monoisotopic (exact) mass is 426 g/mol. The van der Waals surface area contributed by atoms with Crippen LogP contribution in [0.2, 0.25) is 5.02 Å².